The van der Waals surface area contributed by atoms with Crippen molar-refractivity contribution >= 4 is 5.91 Å². The van der Waals surface area contributed by atoms with Crippen LogP contribution in [0.15, 0.2) is 0 Å². The van der Waals surface area contributed by atoms with Gasteiger partial charge in [-0.2, -0.15) is 0 Å². The van der Waals surface area contributed by atoms with Crippen molar-refractivity contribution in [3.8, 4) is 0 Å². The monoisotopic (exact) mass is 170 g/mol. The highest BCUT2D eigenvalue weighted by molar-refractivity contribution is 5.82. The number of carbonyl (C=O) groups excluding carboxylic acids is 1. The van der Waals surface area contributed by atoms with Gasteiger partial charge in [-0.15, -0.1) is 0 Å². The average Bonchev–Trinajstić information content (AvgIpc) is 2.06. The molecule has 1 aliphatic heterocycles. The quantitative estimate of drug-likeness (QED) is 0.634. The Morgan fingerprint density at radius 1 is 1.67 bits per heavy atom. The molecule has 3 nitrogen and oxygen atoms in total. The summed E-state index contributed by atoms with van der Waals surface area (Å²) in [4.78, 5) is 11.6. The Morgan fingerprint density at radius 3 is 2.92 bits per heavy atom. The maximum atomic E-state index is 11.6. The van der Waals surface area contributed by atoms with Crippen molar-refractivity contribution in [1.82, 2.24) is 10.6 Å². The van der Waals surface area contributed by atoms with E-state index in [1.54, 1.807) is 0 Å². The number of nitrogens with one attached hydrogen (secondary N) is 2. The van der Waals surface area contributed by atoms with Crippen molar-refractivity contribution in [3.05, 3.63) is 0 Å². The van der Waals surface area contributed by atoms with Crippen molar-refractivity contribution < 1.29 is 4.79 Å². The molecule has 0 aromatic heterocycles. The summed E-state index contributed by atoms with van der Waals surface area (Å²) in [5, 5.41) is 6.13. The summed E-state index contributed by atoms with van der Waals surface area (Å²) in [5.41, 5.74) is -0.172. The first kappa shape index (κ1) is 9.52. The highest BCUT2D eigenvalue weighted by Crippen LogP contribution is 2.25. The van der Waals surface area contributed by atoms with Crippen LogP contribution < -0.4 is 10.6 Å². The van der Waals surface area contributed by atoms with E-state index < -0.39 is 0 Å². The molecule has 0 saturated carbocycles. The van der Waals surface area contributed by atoms with Gasteiger partial charge in [0.25, 0.3) is 0 Å². The molecule has 2 N–H and O–H groups in total. The van der Waals surface area contributed by atoms with E-state index in [2.05, 4.69) is 10.6 Å². The first-order valence-corrected chi connectivity index (χ1v) is 4.68. The predicted molar refractivity (Wildman–Crippen MR) is 48.9 cm³/mol. The maximum Gasteiger partial charge on any atom is 0.227 e. The summed E-state index contributed by atoms with van der Waals surface area (Å²) < 4.78 is 0. The number of carbonyl (C=O) groups is 1. The first-order chi connectivity index (χ1) is 5.69. The van der Waals surface area contributed by atoms with Crippen LogP contribution in [-0.2, 0) is 4.79 Å². The zero-order valence-electron chi connectivity index (χ0n) is 7.94. The van der Waals surface area contributed by atoms with Crippen LogP contribution in [0.5, 0.6) is 0 Å². The van der Waals surface area contributed by atoms with E-state index in [4.69, 9.17) is 0 Å². The molecule has 1 aliphatic rings. The van der Waals surface area contributed by atoms with E-state index >= 15 is 0 Å². The Bertz CT molecular complexity index is 162. The standard InChI is InChI=1S/C9H18N2O/c1-3-11-8(12)9(2)5-4-6-10-7-9/h10H,3-7H2,1-2H3,(H,11,12). The minimum Gasteiger partial charge on any atom is -0.356 e. The molecule has 1 saturated heterocycles. The molecular weight excluding hydrogens is 152 g/mol. The van der Waals surface area contributed by atoms with Crippen molar-refractivity contribution in [3.63, 3.8) is 0 Å². The highest BCUT2D eigenvalue weighted by Gasteiger charge is 2.33. The fourth-order valence-corrected chi connectivity index (χ4v) is 1.62. The Balaban J connectivity index is 2.50. The summed E-state index contributed by atoms with van der Waals surface area (Å²) >= 11 is 0. The van der Waals surface area contributed by atoms with Gasteiger partial charge in [-0.3, -0.25) is 4.79 Å². The molecule has 1 amide bonds. The number of hydrogen-bond acceptors (Lipinski definition) is 2. The predicted octanol–water partition coefficient (Wildman–Crippen LogP) is 0.512. The number of piperidine rings is 1. The molecule has 0 aliphatic carbocycles. The summed E-state index contributed by atoms with van der Waals surface area (Å²) in [7, 11) is 0. The van der Waals surface area contributed by atoms with E-state index in [1.807, 2.05) is 13.8 Å². The molecule has 1 atom stereocenters. The van der Waals surface area contributed by atoms with Crippen LogP contribution in [0.2, 0.25) is 0 Å². The average molecular weight is 170 g/mol. The molecule has 1 unspecified atom stereocenters. The molecule has 0 radical (unpaired) electrons. The Labute approximate surface area is 73.9 Å². The molecule has 1 heterocycles. The number of rotatable bonds is 2. The number of hydrogen-bond donors (Lipinski definition) is 2. The van der Waals surface area contributed by atoms with Crippen LogP contribution in [0.3, 0.4) is 0 Å². The smallest absolute Gasteiger partial charge is 0.227 e. The molecule has 0 bridgehead atoms. The Hall–Kier alpha value is -0.570. The molecule has 12 heavy (non-hydrogen) atoms. The van der Waals surface area contributed by atoms with E-state index in [0.29, 0.717) is 0 Å². The number of amides is 1. The second-order valence-electron chi connectivity index (χ2n) is 3.70. The van der Waals surface area contributed by atoms with Crippen LogP contribution in [0, 0.1) is 5.41 Å². The lowest BCUT2D eigenvalue weighted by atomic mass is 9.82. The van der Waals surface area contributed by atoms with Crippen molar-refractivity contribution in [2.45, 2.75) is 26.7 Å². The molecule has 0 aromatic rings. The van der Waals surface area contributed by atoms with Gasteiger partial charge in [0.05, 0.1) is 5.41 Å². The van der Waals surface area contributed by atoms with Crippen LogP contribution >= 0.6 is 0 Å². The van der Waals surface area contributed by atoms with Gasteiger partial charge in [-0.05, 0) is 33.2 Å². The molecule has 0 spiro atoms. The van der Waals surface area contributed by atoms with E-state index in [0.717, 1.165) is 32.5 Å². The molecular formula is C9H18N2O. The van der Waals surface area contributed by atoms with Gasteiger partial charge < -0.3 is 10.6 Å². The van der Waals surface area contributed by atoms with Gasteiger partial charge >= 0.3 is 0 Å². The SMILES string of the molecule is CCNC(=O)C1(C)CCCNC1. The second kappa shape index (κ2) is 3.90. The molecule has 0 aromatic carbocycles. The van der Waals surface area contributed by atoms with Gasteiger partial charge in [-0.25, -0.2) is 0 Å². The van der Waals surface area contributed by atoms with Gasteiger partial charge in [0.2, 0.25) is 5.91 Å². The zero-order valence-corrected chi connectivity index (χ0v) is 7.94. The van der Waals surface area contributed by atoms with E-state index in [1.165, 1.54) is 0 Å². The topological polar surface area (TPSA) is 41.1 Å². The van der Waals surface area contributed by atoms with E-state index in [-0.39, 0.29) is 11.3 Å². The summed E-state index contributed by atoms with van der Waals surface area (Å²) in [6.45, 7) is 6.59. The molecule has 1 fully saturated rings. The van der Waals surface area contributed by atoms with Crippen molar-refractivity contribution in [2.75, 3.05) is 19.6 Å². The van der Waals surface area contributed by atoms with Gasteiger partial charge in [0.1, 0.15) is 0 Å². The van der Waals surface area contributed by atoms with Crippen LogP contribution in [0.25, 0.3) is 0 Å². The molecule has 3 heteroatoms. The fourth-order valence-electron chi connectivity index (χ4n) is 1.62. The second-order valence-corrected chi connectivity index (χ2v) is 3.70. The van der Waals surface area contributed by atoms with Gasteiger partial charge in [0.15, 0.2) is 0 Å². The normalized spacial score (nSPS) is 29.8. The lowest BCUT2D eigenvalue weighted by molar-refractivity contribution is -0.130. The third-order valence-corrected chi connectivity index (χ3v) is 2.48. The summed E-state index contributed by atoms with van der Waals surface area (Å²) in [6.07, 6.45) is 2.11. The third-order valence-electron chi connectivity index (χ3n) is 2.48. The Kier molecular flexibility index (Phi) is 3.09. The van der Waals surface area contributed by atoms with Gasteiger partial charge in [-0.1, -0.05) is 0 Å². The lowest BCUT2D eigenvalue weighted by Crippen LogP contribution is -2.48. The minimum absolute atomic E-state index is 0.172. The largest absolute Gasteiger partial charge is 0.356 e. The first-order valence-electron chi connectivity index (χ1n) is 4.68. The minimum atomic E-state index is -0.172. The Morgan fingerprint density at radius 2 is 2.42 bits per heavy atom. The van der Waals surface area contributed by atoms with Crippen molar-refractivity contribution in [2.24, 2.45) is 5.41 Å². The lowest BCUT2D eigenvalue weighted by Gasteiger charge is -2.32. The third kappa shape index (κ3) is 1.97. The highest BCUT2D eigenvalue weighted by atomic mass is 16.2. The maximum absolute atomic E-state index is 11.6. The molecule has 70 valence electrons. The fraction of sp³-hybridized carbons (Fsp3) is 0.889. The molecule has 1 rings (SSSR count). The summed E-state index contributed by atoms with van der Waals surface area (Å²) in [6, 6.07) is 0. The van der Waals surface area contributed by atoms with E-state index in [9.17, 15) is 4.79 Å². The summed E-state index contributed by atoms with van der Waals surface area (Å²) in [5.74, 6) is 0.192. The zero-order chi connectivity index (χ0) is 9.03. The van der Waals surface area contributed by atoms with Crippen LogP contribution in [-0.4, -0.2) is 25.5 Å². The van der Waals surface area contributed by atoms with Crippen LogP contribution in [0.1, 0.15) is 26.7 Å². The van der Waals surface area contributed by atoms with Crippen molar-refractivity contribution in [1.29, 1.82) is 0 Å². The van der Waals surface area contributed by atoms with Crippen LogP contribution in [0.4, 0.5) is 0 Å². The van der Waals surface area contributed by atoms with Gasteiger partial charge in [0, 0.05) is 13.1 Å².